The van der Waals surface area contributed by atoms with E-state index in [0.717, 1.165) is 5.69 Å². The zero-order valence-corrected chi connectivity index (χ0v) is 11.5. The zero-order valence-electron chi connectivity index (χ0n) is 10.7. The Morgan fingerprint density at radius 1 is 1.33 bits per heavy atom. The third kappa shape index (κ3) is 2.22. The first-order valence-corrected chi connectivity index (χ1v) is 7.42. The van der Waals surface area contributed by atoms with E-state index in [0.29, 0.717) is 0 Å². The summed E-state index contributed by atoms with van der Waals surface area (Å²) in [4.78, 5) is 2.81. The van der Waals surface area contributed by atoms with Crippen LogP contribution in [0.1, 0.15) is 46.3 Å². The molecule has 96 valence electrons. The van der Waals surface area contributed by atoms with Crippen molar-refractivity contribution in [2.24, 2.45) is 12.8 Å². The number of nitrogens with two attached hydrogens (primary N) is 1. The van der Waals surface area contributed by atoms with Crippen LogP contribution in [0.5, 0.6) is 0 Å². The van der Waals surface area contributed by atoms with E-state index in [2.05, 4.69) is 11.2 Å². The largest absolute Gasteiger partial charge is 0.318 e. The molecule has 3 nitrogen and oxygen atoms in total. The van der Waals surface area contributed by atoms with Gasteiger partial charge in [0, 0.05) is 23.0 Å². The third-order valence-corrected chi connectivity index (χ3v) is 4.95. The number of rotatable bonds is 2. The number of hydrogen-bond donors (Lipinski definition) is 1. The summed E-state index contributed by atoms with van der Waals surface area (Å²) < 4.78 is 1.81. The molecule has 1 unspecified atom stereocenters. The average molecular weight is 261 g/mol. The lowest BCUT2D eigenvalue weighted by Gasteiger charge is -2.05. The normalized spacial score (nSPS) is 17.2. The summed E-state index contributed by atoms with van der Waals surface area (Å²) in [5, 5.41) is 4.41. The first-order valence-electron chi connectivity index (χ1n) is 6.60. The van der Waals surface area contributed by atoms with E-state index in [1.54, 1.807) is 4.88 Å². The summed E-state index contributed by atoms with van der Waals surface area (Å²) in [7, 11) is 1.93. The molecule has 0 bridgehead atoms. The summed E-state index contributed by atoms with van der Waals surface area (Å²) in [5.74, 6) is 0. The lowest BCUT2D eigenvalue weighted by molar-refractivity contribution is 0.710. The fraction of sp³-hybridized carbons (Fsp3) is 0.500. The van der Waals surface area contributed by atoms with Gasteiger partial charge < -0.3 is 5.73 Å². The van der Waals surface area contributed by atoms with E-state index in [-0.39, 0.29) is 6.04 Å². The highest BCUT2D eigenvalue weighted by molar-refractivity contribution is 7.12. The Bertz CT molecular complexity index is 517. The number of aryl methyl sites for hydroxylation is 3. The Balaban J connectivity index is 1.88. The summed E-state index contributed by atoms with van der Waals surface area (Å²) in [6, 6.07) is 4.25. The van der Waals surface area contributed by atoms with Crippen molar-refractivity contribution < 1.29 is 0 Å². The molecule has 3 rings (SSSR count). The lowest BCUT2D eigenvalue weighted by Crippen LogP contribution is -2.11. The van der Waals surface area contributed by atoms with Crippen LogP contribution in [0.25, 0.3) is 0 Å². The van der Waals surface area contributed by atoms with Crippen LogP contribution in [0.4, 0.5) is 0 Å². The van der Waals surface area contributed by atoms with Gasteiger partial charge in [0.25, 0.3) is 0 Å². The van der Waals surface area contributed by atoms with E-state index in [1.807, 2.05) is 35.3 Å². The summed E-state index contributed by atoms with van der Waals surface area (Å²) in [6.45, 7) is 0. The lowest BCUT2D eigenvalue weighted by atomic mass is 10.1. The van der Waals surface area contributed by atoms with Crippen molar-refractivity contribution >= 4 is 11.3 Å². The minimum absolute atomic E-state index is 0.0665. The van der Waals surface area contributed by atoms with E-state index in [9.17, 15) is 0 Å². The third-order valence-electron chi connectivity index (χ3n) is 3.63. The van der Waals surface area contributed by atoms with Crippen molar-refractivity contribution in [3.8, 4) is 0 Å². The van der Waals surface area contributed by atoms with Crippen LogP contribution in [0.15, 0.2) is 18.3 Å². The first kappa shape index (κ1) is 11.9. The van der Waals surface area contributed by atoms with Crippen molar-refractivity contribution in [1.29, 1.82) is 0 Å². The van der Waals surface area contributed by atoms with Gasteiger partial charge >= 0.3 is 0 Å². The predicted octanol–water partition coefficient (Wildman–Crippen LogP) is 2.80. The van der Waals surface area contributed by atoms with E-state index in [4.69, 9.17) is 5.73 Å². The van der Waals surface area contributed by atoms with Crippen LogP contribution in [-0.2, 0) is 19.9 Å². The van der Waals surface area contributed by atoms with E-state index in [1.165, 1.54) is 42.5 Å². The van der Waals surface area contributed by atoms with Gasteiger partial charge in [-0.05, 0) is 43.4 Å². The minimum Gasteiger partial charge on any atom is -0.318 e. The minimum atomic E-state index is -0.0665. The molecule has 0 saturated carbocycles. The van der Waals surface area contributed by atoms with Gasteiger partial charge in [0.1, 0.15) is 0 Å². The molecule has 2 aromatic rings. The second-order valence-corrected chi connectivity index (χ2v) is 6.22. The van der Waals surface area contributed by atoms with Gasteiger partial charge in [-0.15, -0.1) is 11.3 Å². The maximum atomic E-state index is 6.32. The number of hydrogen-bond acceptors (Lipinski definition) is 3. The second-order valence-electron chi connectivity index (χ2n) is 5.05. The molecule has 18 heavy (non-hydrogen) atoms. The molecular weight excluding hydrogens is 242 g/mol. The molecule has 0 fully saturated rings. The maximum Gasteiger partial charge on any atom is 0.0845 e. The Morgan fingerprint density at radius 2 is 2.17 bits per heavy atom. The fourth-order valence-corrected chi connectivity index (χ4v) is 3.86. The van der Waals surface area contributed by atoms with E-state index < -0.39 is 0 Å². The predicted molar refractivity (Wildman–Crippen MR) is 74.8 cm³/mol. The highest BCUT2D eigenvalue weighted by Crippen LogP contribution is 2.33. The van der Waals surface area contributed by atoms with Crippen molar-refractivity contribution in [1.82, 2.24) is 9.78 Å². The summed E-state index contributed by atoms with van der Waals surface area (Å²) >= 11 is 1.89. The van der Waals surface area contributed by atoms with Crippen LogP contribution in [0, 0.1) is 0 Å². The summed E-state index contributed by atoms with van der Waals surface area (Å²) in [5.41, 5.74) is 8.81. The number of nitrogens with zero attached hydrogens (tertiary/aromatic N) is 2. The Morgan fingerprint density at radius 3 is 2.94 bits per heavy atom. The van der Waals surface area contributed by atoms with Gasteiger partial charge in [-0.25, -0.2) is 0 Å². The van der Waals surface area contributed by atoms with Gasteiger partial charge in [0.05, 0.1) is 11.7 Å². The Hall–Kier alpha value is -1.13. The Labute approximate surface area is 112 Å². The number of aromatic nitrogens is 2. The molecule has 1 aliphatic rings. The topological polar surface area (TPSA) is 43.8 Å². The molecule has 2 N–H and O–H groups in total. The van der Waals surface area contributed by atoms with Crippen LogP contribution < -0.4 is 5.73 Å². The highest BCUT2D eigenvalue weighted by Gasteiger charge is 2.18. The molecule has 0 radical (unpaired) electrons. The quantitative estimate of drug-likeness (QED) is 0.845. The highest BCUT2D eigenvalue weighted by atomic mass is 32.1. The second kappa shape index (κ2) is 4.86. The summed E-state index contributed by atoms with van der Waals surface area (Å²) in [6.07, 6.45) is 8.42. The van der Waals surface area contributed by atoms with Gasteiger partial charge in [-0.3, -0.25) is 4.68 Å². The van der Waals surface area contributed by atoms with Gasteiger partial charge in [-0.2, -0.15) is 5.10 Å². The molecule has 1 aliphatic carbocycles. The van der Waals surface area contributed by atoms with Gasteiger partial charge in [0.2, 0.25) is 0 Å². The SMILES string of the molecule is Cn1ccc(C(N)c2cc3c(s2)CCCCC3)n1. The Kier molecular flexibility index (Phi) is 3.22. The van der Waals surface area contributed by atoms with E-state index >= 15 is 0 Å². The van der Waals surface area contributed by atoms with Crippen LogP contribution >= 0.6 is 11.3 Å². The fourth-order valence-electron chi connectivity index (χ4n) is 2.59. The molecule has 0 aromatic carbocycles. The molecule has 2 aromatic heterocycles. The molecular formula is C14H19N3S. The van der Waals surface area contributed by atoms with Crippen molar-refractivity contribution in [3.63, 3.8) is 0 Å². The van der Waals surface area contributed by atoms with Crippen LogP contribution in [0.2, 0.25) is 0 Å². The van der Waals surface area contributed by atoms with Crippen LogP contribution in [0.3, 0.4) is 0 Å². The standard InChI is InChI=1S/C14H19N3S/c1-17-8-7-11(16-17)14(15)13-9-10-5-3-2-4-6-12(10)18-13/h7-9,14H,2-6,15H2,1H3. The van der Waals surface area contributed by atoms with Crippen molar-refractivity contribution in [2.45, 2.75) is 38.1 Å². The molecule has 0 spiro atoms. The molecule has 0 aliphatic heterocycles. The average Bonchev–Trinajstić information content (AvgIpc) is 2.90. The zero-order chi connectivity index (χ0) is 12.5. The maximum absolute atomic E-state index is 6.32. The molecule has 4 heteroatoms. The van der Waals surface area contributed by atoms with Gasteiger partial charge in [0.15, 0.2) is 0 Å². The van der Waals surface area contributed by atoms with Crippen molar-refractivity contribution in [2.75, 3.05) is 0 Å². The smallest absolute Gasteiger partial charge is 0.0845 e. The van der Waals surface area contributed by atoms with Crippen LogP contribution in [-0.4, -0.2) is 9.78 Å². The van der Waals surface area contributed by atoms with Gasteiger partial charge in [-0.1, -0.05) is 6.42 Å². The first-order chi connectivity index (χ1) is 8.74. The number of thiophene rings is 1. The molecule has 2 heterocycles. The molecule has 0 amide bonds. The monoisotopic (exact) mass is 261 g/mol. The van der Waals surface area contributed by atoms with Crippen molar-refractivity contribution in [3.05, 3.63) is 39.3 Å². The molecule has 0 saturated heterocycles. The molecule has 1 atom stereocenters. The number of fused-ring (bicyclic) bond motifs is 1.